The topological polar surface area (TPSA) is 26.4 Å². The normalized spacial score (nSPS) is 11.5. The molecule has 0 aliphatic carbocycles. The third kappa shape index (κ3) is 4.80. The maximum atomic E-state index is 2.31. The van der Waals surface area contributed by atoms with Crippen molar-refractivity contribution in [2.24, 2.45) is 0 Å². The molecule has 0 saturated carbocycles. The fourth-order valence-corrected chi connectivity index (χ4v) is 4.81. The highest BCUT2D eigenvalue weighted by Crippen LogP contribution is 2.27. The van der Waals surface area contributed by atoms with Gasteiger partial charge in [-0.2, -0.15) is 0 Å². The fourth-order valence-electron chi connectivity index (χ4n) is 4.81. The third-order valence-corrected chi connectivity index (χ3v) is 7.07. The Morgan fingerprint density at radius 2 is 0.788 bits per heavy atom. The van der Waals surface area contributed by atoms with Crippen molar-refractivity contribution in [1.82, 2.24) is 13.7 Å². The summed E-state index contributed by atoms with van der Waals surface area (Å²) >= 11 is 0. The van der Waals surface area contributed by atoms with Gasteiger partial charge < -0.3 is 0 Å². The Morgan fingerprint density at radius 1 is 0.515 bits per heavy atom. The second-order valence-corrected chi connectivity index (χ2v) is 9.06. The predicted octanol–water partition coefficient (Wildman–Crippen LogP) is 3.08. The van der Waals surface area contributed by atoms with Crippen molar-refractivity contribution in [3.63, 3.8) is 0 Å². The Labute approximate surface area is 198 Å². The van der Waals surface area contributed by atoms with Crippen LogP contribution in [0.15, 0.2) is 56.2 Å². The Kier molecular flexibility index (Phi) is 6.82. The maximum Gasteiger partial charge on any atom is 0.244 e. The van der Waals surface area contributed by atoms with Crippen LogP contribution in [-0.2, 0) is 39.3 Å². The smallest absolute Gasteiger partial charge is 0.237 e. The molecule has 33 heavy (non-hydrogen) atoms. The second-order valence-electron chi connectivity index (χ2n) is 9.06. The molecular formula is C27H39N6+3. The molecule has 6 heteroatoms. The molecule has 0 amide bonds. The van der Waals surface area contributed by atoms with Gasteiger partial charge in [-0.1, -0.05) is 0 Å². The molecule has 0 saturated heterocycles. The second kappa shape index (κ2) is 9.77. The zero-order chi connectivity index (χ0) is 23.5. The summed E-state index contributed by atoms with van der Waals surface area (Å²) in [6.45, 7) is 19.1. The molecule has 0 atom stereocenters. The molecule has 0 spiro atoms. The Morgan fingerprint density at radius 3 is 1.00 bits per heavy atom. The summed E-state index contributed by atoms with van der Waals surface area (Å²) in [6, 6.07) is 0. The minimum atomic E-state index is 0.895. The van der Waals surface area contributed by atoms with Crippen LogP contribution in [0.5, 0.6) is 0 Å². The summed E-state index contributed by atoms with van der Waals surface area (Å²) in [5.41, 5.74) is 8.57. The van der Waals surface area contributed by atoms with Crippen LogP contribution in [0, 0.1) is 20.8 Å². The average molecular weight is 448 g/mol. The van der Waals surface area contributed by atoms with Gasteiger partial charge in [0.05, 0.1) is 19.6 Å². The summed E-state index contributed by atoms with van der Waals surface area (Å²) in [6.07, 6.45) is 19.7. The molecule has 3 aromatic heterocycles. The van der Waals surface area contributed by atoms with E-state index in [1.165, 1.54) is 33.4 Å². The highest BCUT2D eigenvalue weighted by atomic mass is 15.1. The standard InChI is InChI=1S/C27H39N6/c1-7-28-10-13-31(19-28)16-25-22(4)26(17-32-14-11-29(8-2)20-32)24(6)27(23(25)5)18-33-15-12-30(9-3)21-33/h10-15,19-21H,7-9,16-18H2,1-6H3/q+3. The van der Waals surface area contributed by atoms with Crippen molar-refractivity contribution in [2.75, 3.05) is 0 Å². The lowest BCUT2D eigenvalue weighted by Gasteiger charge is -2.20. The number of hydrogen-bond donors (Lipinski definition) is 0. The van der Waals surface area contributed by atoms with Gasteiger partial charge >= 0.3 is 0 Å². The number of hydrogen-bond acceptors (Lipinski definition) is 0. The van der Waals surface area contributed by atoms with E-state index in [2.05, 4.69) is 125 Å². The average Bonchev–Trinajstić information content (AvgIpc) is 3.57. The molecule has 0 aliphatic rings. The van der Waals surface area contributed by atoms with Crippen molar-refractivity contribution in [3.8, 4) is 0 Å². The van der Waals surface area contributed by atoms with Gasteiger partial charge in [0, 0.05) is 16.7 Å². The fraction of sp³-hybridized carbons (Fsp3) is 0.444. The SMILES string of the molecule is CCn1cc[n+](Cc2c(C)c(C[n+]3ccn(CC)c3)c(C)c(C[n+]3ccn(CC)c3)c2C)c1. The van der Waals surface area contributed by atoms with E-state index in [0.717, 1.165) is 39.3 Å². The predicted molar refractivity (Wildman–Crippen MR) is 129 cm³/mol. The molecule has 0 N–H and O–H groups in total. The van der Waals surface area contributed by atoms with E-state index in [0.29, 0.717) is 0 Å². The number of imidazole rings is 3. The van der Waals surface area contributed by atoms with Gasteiger partial charge in [0.2, 0.25) is 19.0 Å². The first kappa shape index (κ1) is 23.0. The zero-order valence-electron chi connectivity index (χ0n) is 21.1. The van der Waals surface area contributed by atoms with Crippen LogP contribution in [0.2, 0.25) is 0 Å². The molecule has 0 aliphatic heterocycles. The van der Waals surface area contributed by atoms with Gasteiger partial charge in [-0.25, -0.2) is 27.4 Å². The molecule has 0 radical (unpaired) electrons. The van der Waals surface area contributed by atoms with E-state index in [9.17, 15) is 0 Å². The first-order valence-electron chi connectivity index (χ1n) is 12.2. The van der Waals surface area contributed by atoms with E-state index in [4.69, 9.17) is 0 Å². The number of rotatable bonds is 9. The first-order chi connectivity index (χ1) is 15.9. The highest BCUT2D eigenvalue weighted by Gasteiger charge is 2.22. The van der Waals surface area contributed by atoms with E-state index < -0.39 is 0 Å². The molecule has 174 valence electrons. The van der Waals surface area contributed by atoms with Crippen molar-refractivity contribution in [3.05, 3.63) is 89.5 Å². The lowest BCUT2D eigenvalue weighted by molar-refractivity contribution is -0.690. The van der Waals surface area contributed by atoms with E-state index in [-0.39, 0.29) is 0 Å². The van der Waals surface area contributed by atoms with Crippen molar-refractivity contribution in [2.45, 2.75) is 80.8 Å². The molecule has 0 bridgehead atoms. The summed E-state index contributed by atoms with van der Waals surface area (Å²) in [5.74, 6) is 0. The third-order valence-electron chi connectivity index (χ3n) is 7.07. The minimum absolute atomic E-state index is 0.895. The lowest BCUT2D eigenvalue weighted by atomic mass is 9.87. The number of aromatic nitrogens is 6. The monoisotopic (exact) mass is 447 g/mol. The molecular weight excluding hydrogens is 408 g/mol. The quantitative estimate of drug-likeness (QED) is 0.353. The first-order valence-corrected chi connectivity index (χ1v) is 12.2. The molecule has 1 aromatic carbocycles. The summed E-state index contributed by atoms with van der Waals surface area (Å²) in [4.78, 5) is 0. The van der Waals surface area contributed by atoms with Gasteiger partial charge in [0.15, 0.2) is 0 Å². The van der Waals surface area contributed by atoms with Gasteiger partial charge in [-0.3, -0.25) is 0 Å². The zero-order valence-corrected chi connectivity index (χ0v) is 21.1. The number of benzene rings is 1. The molecule has 6 nitrogen and oxygen atoms in total. The summed E-state index contributed by atoms with van der Waals surface area (Å²) in [7, 11) is 0. The van der Waals surface area contributed by atoms with Crippen LogP contribution >= 0.6 is 0 Å². The maximum absolute atomic E-state index is 2.31. The van der Waals surface area contributed by atoms with E-state index in [1.807, 2.05) is 0 Å². The van der Waals surface area contributed by atoms with Crippen LogP contribution < -0.4 is 13.7 Å². The molecule has 3 heterocycles. The lowest BCUT2D eigenvalue weighted by Crippen LogP contribution is -2.37. The van der Waals surface area contributed by atoms with Crippen LogP contribution in [0.25, 0.3) is 0 Å². The molecule has 4 aromatic rings. The van der Waals surface area contributed by atoms with Gasteiger partial charge in [-0.05, 0) is 58.2 Å². The Balaban J connectivity index is 1.79. The van der Waals surface area contributed by atoms with Crippen LogP contribution in [0.3, 0.4) is 0 Å². The van der Waals surface area contributed by atoms with Crippen LogP contribution in [0.4, 0.5) is 0 Å². The molecule has 4 rings (SSSR count). The van der Waals surface area contributed by atoms with E-state index >= 15 is 0 Å². The summed E-state index contributed by atoms with van der Waals surface area (Å²) in [5, 5.41) is 0. The minimum Gasteiger partial charge on any atom is -0.237 e. The number of aryl methyl sites for hydroxylation is 3. The van der Waals surface area contributed by atoms with E-state index in [1.54, 1.807) is 0 Å². The van der Waals surface area contributed by atoms with Gasteiger partial charge in [-0.15, -0.1) is 0 Å². The van der Waals surface area contributed by atoms with Gasteiger partial charge in [0.25, 0.3) is 0 Å². The van der Waals surface area contributed by atoms with Crippen LogP contribution in [0.1, 0.15) is 54.2 Å². The molecule has 0 unspecified atom stereocenters. The Hall–Kier alpha value is -3.15. The number of nitrogens with zero attached hydrogens (tertiary/aromatic N) is 6. The largest absolute Gasteiger partial charge is 0.244 e. The van der Waals surface area contributed by atoms with Crippen molar-refractivity contribution < 1.29 is 13.7 Å². The van der Waals surface area contributed by atoms with Crippen molar-refractivity contribution in [1.29, 1.82) is 0 Å². The molecule has 0 fully saturated rings. The Bertz CT molecular complexity index is 1070. The summed E-state index contributed by atoms with van der Waals surface area (Å²) < 4.78 is 13.6. The highest BCUT2D eigenvalue weighted by molar-refractivity contribution is 5.49. The van der Waals surface area contributed by atoms with Crippen LogP contribution in [-0.4, -0.2) is 13.7 Å². The van der Waals surface area contributed by atoms with Gasteiger partial charge in [0.1, 0.15) is 56.8 Å². The van der Waals surface area contributed by atoms with Crippen molar-refractivity contribution >= 4 is 0 Å².